The average Bonchev–Trinajstić information content (AvgIpc) is 2.59. The van der Waals surface area contributed by atoms with E-state index in [1.807, 2.05) is 6.07 Å². The van der Waals surface area contributed by atoms with Gasteiger partial charge in [-0.1, -0.05) is 24.9 Å². The number of carbonyl (C=O) groups is 1. The van der Waals surface area contributed by atoms with Gasteiger partial charge < -0.3 is 19.5 Å². The number of methoxy groups -OCH3 is 2. The summed E-state index contributed by atoms with van der Waals surface area (Å²) in [5, 5.41) is 3.80. The van der Waals surface area contributed by atoms with E-state index >= 15 is 0 Å². The highest BCUT2D eigenvalue weighted by atomic mass is 35.5. The predicted molar refractivity (Wildman–Crippen MR) is 106 cm³/mol. The molecule has 6 heteroatoms. The molecule has 1 aromatic carbocycles. The van der Waals surface area contributed by atoms with Crippen molar-refractivity contribution in [3.05, 3.63) is 22.7 Å². The van der Waals surface area contributed by atoms with E-state index < -0.39 is 0 Å². The van der Waals surface area contributed by atoms with Crippen molar-refractivity contribution < 1.29 is 19.0 Å². The first kappa shape index (κ1) is 20.3. The highest BCUT2D eigenvalue weighted by Gasteiger charge is 2.49. The van der Waals surface area contributed by atoms with Crippen LogP contribution in [0.3, 0.4) is 0 Å². The van der Waals surface area contributed by atoms with Gasteiger partial charge >= 0.3 is 0 Å². The summed E-state index contributed by atoms with van der Waals surface area (Å²) >= 11 is 6.33. The van der Waals surface area contributed by atoms with Crippen molar-refractivity contribution in [3.8, 4) is 11.5 Å². The van der Waals surface area contributed by atoms with E-state index in [0.29, 0.717) is 34.8 Å². The van der Waals surface area contributed by atoms with E-state index in [-0.39, 0.29) is 23.7 Å². The molecule has 1 aliphatic heterocycles. The highest BCUT2D eigenvalue weighted by molar-refractivity contribution is 6.30. The van der Waals surface area contributed by atoms with Crippen LogP contribution in [0.4, 0.5) is 0 Å². The van der Waals surface area contributed by atoms with E-state index in [9.17, 15) is 4.79 Å². The molecule has 1 N–H and O–H groups in total. The number of hydrogen-bond acceptors (Lipinski definition) is 4. The van der Waals surface area contributed by atoms with Crippen molar-refractivity contribution in [3.63, 3.8) is 0 Å². The lowest BCUT2D eigenvalue weighted by atomic mass is 9.66. The Morgan fingerprint density at radius 3 is 2.67 bits per heavy atom. The number of hydrogen-bond donors (Lipinski definition) is 1. The number of fused-ring (bicyclic) bond motifs is 1. The summed E-state index contributed by atoms with van der Waals surface area (Å²) in [6, 6.07) is 3.62. The van der Waals surface area contributed by atoms with Crippen molar-refractivity contribution in [2.45, 2.75) is 64.2 Å². The molecule has 0 bridgehead atoms. The van der Waals surface area contributed by atoms with Crippen LogP contribution in [0.5, 0.6) is 11.5 Å². The second-order valence-electron chi connectivity index (χ2n) is 8.22. The van der Waals surface area contributed by atoms with E-state index in [1.54, 1.807) is 27.2 Å². The molecule has 1 heterocycles. The first-order chi connectivity index (χ1) is 12.8. The van der Waals surface area contributed by atoms with Gasteiger partial charge in [0.2, 0.25) is 5.91 Å². The second-order valence-corrected chi connectivity index (χ2v) is 8.66. The Morgan fingerprint density at radius 1 is 1.30 bits per heavy atom. The monoisotopic (exact) mass is 395 g/mol. The molecule has 5 atom stereocenters. The Balaban J connectivity index is 2.01. The maximum atomic E-state index is 12.0. The smallest absolute Gasteiger partial charge is 0.217 e. The van der Waals surface area contributed by atoms with Crippen LogP contribution in [0.15, 0.2) is 12.1 Å². The molecule has 0 radical (unpaired) electrons. The lowest BCUT2D eigenvalue weighted by Crippen LogP contribution is -2.60. The third-order valence-corrected chi connectivity index (χ3v) is 6.32. The lowest BCUT2D eigenvalue weighted by Gasteiger charge is -2.52. The Kier molecular flexibility index (Phi) is 5.92. The van der Waals surface area contributed by atoms with Gasteiger partial charge in [0.25, 0.3) is 0 Å². The second kappa shape index (κ2) is 7.88. The molecule has 1 aliphatic carbocycles. The molecular formula is C21H30ClNO4. The topological polar surface area (TPSA) is 56.8 Å². The van der Waals surface area contributed by atoms with Crippen LogP contribution < -0.4 is 14.8 Å². The normalized spacial score (nSPS) is 33.1. The third-order valence-electron chi connectivity index (χ3n) is 6.10. The highest BCUT2D eigenvalue weighted by Crippen LogP contribution is 2.50. The Morgan fingerprint density at radius 2 is 2.04 bits per heavy atom. The van der Waals surface area contributed by atoms with E-state index in [0.717, 1.165) is 18.4 Å². The van der Waals surface area contributed by atoms with Crippen molar-refractivity contribution in [2.24, 2.45) is 11.8 Å². The zero-order valence-electron chi connectivity index (χ0n) is 16.8. The Labute approximate surface area is 166 Å². The molecule has 2 fully saturated rings. The van der Waals surface area contributed by atoms with Gasteiger partial charge in [0.1, 0.15) is 0 Å². The minimum Gasteiger partial charge on any atom is -0.493 e. The number of amides is 1. The van der Waals surface area contributed by atoms with E-state index in [1.165, 1.54) is 6.42 Å². The first-order valence-electron chi connectivity index (χ1n) is 9.63. The van der Waals surface area contributed by atoms with Crippen LogP contribution >= 0.6 is 11.6 Å². The molecule has 5 nitrogen and oxygen atoms in total. The molecule has 1 amide bonds. The number of ether oxygens (including phenoxy) is 3. The van der Waals surface area contributed by atoms with E-state index in [4.69, 9.17) is 25.8 Å². The van der Waals surface area contributed by atoms with Crippen LogP contribution in [0.2, 0.25) is 5.02 Å². The lowest BCUT2D eigenvalue weighted by molar-refractivity contribution is -0.153. The minimum absolute atomic E-state index is 0.00818. The summed E-state index contributed by atoms with van der Waals surface area (Å²) in [6.45, 7) is 5.99. The number of rotatable bonds is 4. The molecule has 27 heavy (non-hydrogen) atoms. The van der Waals surface area contributed by atoms with Gasteiger partial charge in [-0.2, -0.15) is 0 Å². The molecule has 0 unspecified atom stereocenters. The van der Waals surface area contributed by atoms with Gasteiger partial charge in [0, 0.05) is 41.5 Å². The van der Waals surface area contributed by atoms with Gasteiger partial charge in [0.05, 0.1) is 26.4 Å². The summed E-state index contributed by atoms with van der Waals surface area (Å²) < 4.78 is 17.7. The van der Waals surface area contributed by atoms with Crippen LogP contribution in [0, 0.1) is 11.8 Å². The van der Waals surface area contributed by atoms with Gasteiger partial charge in [-0.3, -0.25) is 4.79 Å². The number of halogens is 1. The Hall–Kier alpha value is -1.46. The summed E-state index contributed by atoms with van der Waals surface area (Å²) in [6.07, 6.45) is 3.76. The van der Waals surface area contributed by atoms with Gasteiger partial charge in [0.15, 0.2) is 11.5 Å². The largest absolute Gasteiger partial charge is 0.493 e. The molecule has 3 rings (SSSR count). The molecule has 1 saturated heterocycles. The van der Waals surface area contributed by atoms with E-state index in [2.05, 4.69) is 19.2 Å². The van der Waals surface area contributed by atoms with Gasteiger partial charge in [-0.05, 0) is 31.7 Å². The molecule has 0 spiro atoms. The maximum absolute atomic E-state index is 12.0. The molecule has 2 aliphatic rings. The van der Waals surface area contributed by atoms with Gasteiger partial charge in [-0.15, -0.1) is 0 Å². The summed E-state index contributed by atoms with van der Waals surface area (Å²) in [4.78, 5) is 12.0. The molecule has 0 aromatic heterocycles. The Bertz CT molecular complexity index is 710. The summed E-state index contributed by atoms with van der Waals surface area (Å²) in [7, 11) is 3.22. The zero-order chi connectivity index (χ0) is 19.8. The zero-order valence-corrected chi connectivity index (χ0v) is 17.6. The van der Waals surface area contributed by atoms with Crippen LogP contribution in [-0.4, -0.2) is 31.8 Å². The van der Waals surface area contributed by atoms with Crippen LogP contribution in [-0.2, 0) is 9.53 Å². The van der Waals surface area contributed by atoms with Crippen LogP contribution in [0.25, 0.3) is 0 Å². The molecule has 1 saturated carbocycles. The fourth-order valence-corrected chi connectivity index (χ4v) is 5.15. The first-order valence-corrected chi connectivity index (χ1v) is 10.0. The molecular weight excluding hydrogens is 366 g/mol. The number of nitrogens with one attached hydrogen (secondary N) is 1. The standard InChI is InChI=1S/C21H30ClNO4/c1-12-6-7-16-17(8-12)27-19(11-21(16,3)23-13(2)24)15-9-14(22)10-18(25-4)20(15)26-5/h9-10,12,16-17,19H,6-8,11H2,1-5H3,(H,23,24)/t12-,16-,17-,19-,21-/m1/s1. The predicted octanol–water partition coefficient (Wildman–Crippen LogP) is 4.52. The fourth-order valence-electron chi connectivity index (χ4n) is 4.93. The van der Waals surface area contributed by atoms with Crippen LogP contribution in [0.1, 0.15) is 58.1 Å². The SMILES string of the molecule is COc1cc(Cl)cc([C@H]2C[C@@](C)(NC(C)=O)[C@@H]3CC[C@@H](C)C[C@H]3O2)c1OC. The van der Waals surface area contributed by atoms with Crippen molar-refractivity contribution in [1.82, 2.24) is 5.32 Å². The van der Waals surface area contributed by atoms with Gasteiger partial charge in [-0.25, -0.2) is 0 Å². The quantitative estimate of drug-likeness (QED) is 0.814. The molecule has 1 aromatic rings. The fraction of sp³-hybridized carbons (Fsp3) is 0.667. The third kappa shape index (κ3) is 4.04. The average molecular weight is 396 g/mol. The van der Waals surface area contributed by atoms with Crippen molar-refractivity contribution in [2.75, 3.05) is 14.2 Å². The summed E-state index contributed by atoms with van der Waals surface area (Å²) in [5.74, 6) is 2.14. The summed E-state index contributed by atoms with van der Waals surface area (Å²) in [5.41, 5.74) is 0.537. The number of benzene rings is 1. The van der Waals surface area contributed by atoms with Crippen molar-refractivity contribution in [1.29, 1.82) is 0 Å². The maximum Gasteiger partial charge on any atom is 0.217 e. The number of carbonyl (C=O) groups excluding carboxylic acids is 1. The van der Waals surface area contributed by atoms with Crippen molar-refractivity contribution >= 4 is 17.5 Å². The minimum atomic E-state index is -0.333. The molecule has 150 valence electrons.